The molecule has 0 atom stereocenters. The van der Waals surface area contributed by atoms with E-state index in [0.717, 1.165) is 0 Å². The van der Waals surface area contributed by atoms with Crippen LogP contribution in [0.4, 0.5) is 0 Å². The highest BCUT2D eigenvalue weighted by atomic mass is 127. The van der Waals surface area contributed by atoms with E-state index in [4.69, 9.17) is 0 Å². The Bertz CT molecular complexity index is 1040. The summed E-state index contributed by atoms with van der Waals surface area (Å²) in [7, 11) is 0. The summed E-state index contributed by atoms with van der Waals surface area (Å²) < 4.78 is 1.27. The summed E-state index contributed by atoms with van der Waals surface area (Å²) in [5.74, 6) is 0. The zero-order chi connectivity index (χ0) is 18.5. The first-order valence-electron chi connectivity index (χ1n) is 8.98. The number of hydrogen-bond acceptors (Lipinski definition) is 0. The van der Waals surface area contributed by atoms with Crippen molar-refractivity contribution in [3.05, 3.63) is 118 Å². The van der Waals surface area contributed by atoms with Crippen LogP contribution in [0.3, 0.4) is 0 Å². The Kier molecular flexibility index (Phi) is 5.50. The quantitative estimate of drug-likeness (QED) is 0.216. The molecule has 0 fully saturated rings. The molecular weight excluding hydrogens is 439 g/mol. The van der Waals surface area contributed by atoms with Crippen molar-refractivity contribution in [2.75, 3.05) is 0 Å². The van der Waals surface area contributed by atoms with Gasteiger partial charge >= 0.3 is 0 Å². The highest BCUT2D eigenvalue weighted by Gasteiger charge is 2.01. The summed E-state index contributed by atoms with van der Waals surface area (Å²) in [6, 6.07) is 36.4. The van der Waals surface area contributed by atoms with Crippen molar-refractivity contribution in [1.29, 1.82) is 0 Å². The summed E-state index contributed by atoms with van der Waals surface area (Å²) >= 11 is 2.39. The van der Waals surface area contributed by atoms with Gasteiger partial charge in [0.15, 0.2) is 0 Å². The van der Waals surface area contributed by atoms with E-state index in [0.29, 0.717) is 0 Å². The largest absolute Gasteiger partial charge is 0.0622 e. The maximum Gasteiger partial charge on any atom is 0.0208 e. The van der Waals surface area contributed by atoms with Crippen LogP contribution in [0.15, 0.2) is 103 Å². The predicted octanol–water partition coefficient (Wildman–Crippen LogP) is 7.80. The first-order valence-corrected chi connectivity index (χ1v) is 10.1. The Hall–Kier alpha value is -2.65. The van der Waals surface area contributed by atoms with Crippen LogP contribution in [0, 0.1) is 3.57 Å². The Labute approximate surface area is 174 Å². The molecule has 0 spiro atoms. The second-order valence-electron chi connectivity index (χ2n) is 6.42. The fourth-order valence-corrected chi connectivity index (χ4v) is 3.78. The molecule has 4 rings (SSSR count). The van der Waals surface area contributed by atoms with Gasteiger partial charge in [-0.15, -0.1) is 0 Å². The molecule has 130 valence electrons. The fraction of sp³-hybridized carbons (Fsp3) is 0. The van der Waals surface area contributed by atoms with E-state index >= 15 is 0 Å². The van der Waals surface area contributed by atoms with Crippen molar-refractivity contribution in [3.63, 3.8) is 0 Å². The lowest BCUT2D eigenvalue weighted by Crippen LogP contribution is -1.82. The molecule has 0 saturated heterocycles. The van der Waals surface area contributed by atoms with E-state index in [1.807, 2.05) is 6.07 Å². The molecule has 4 aromatic rings. The van der Waals surface area contributed by atoms with Crippen LogP contribution in [0.5, 0.6) is 0 Å². The van der Waals surface area contributed by atoms with Crippen molar-refractivity contribution >= 4 is 34.7 Å². The molecule has 0 aliphatic carbocycles. The van der Waals surface area contributed by atoms with Gasteiger partial charge in [0.25, 0.3) is 0 Å². The monoisotopic (exact) mass is 458 g/mol. The van der Waals surface area contributed by atoms with Crippen molar-refractivity contribution in [1.82, 2.24) is 0 Å². The molecule has 27 heavy (non-hydrogen) atoms. The lowest BCUT2D eigenvalue weighted by Gasteiger charge is -2.05. The minimum absolute atomic E-state index is 1.20. The van der Waals surface area contributed by atoms with Gasteiger partial charge in [-0.05, 0) is 62.0 Å². The Balaban J connectivity index is 1.49. The Morgan fingerprint density at radius 2 is 0.926 bits per heavy atom. The third-order valence-corrected chi connectivity index (χ3v) is 5.52. The van der Waals surface area contributed by atoms with Gasteiger partial charge in [-0.2, -0.15) is 0 Å². The standard InChI is InChI=1S/C26H19I/c27-26-9-5-4-8-25(26)24-18-14-21(15-19-24)11-10-20-12-16-23(17-13-20)22-6-2-1-3-7-22/h1-19H. The Morgan fingerprint density at radius 3 is 1.52 bits per heavy atom. The number of halogens is 1. The van der Waals surface area contributed by atoms with Gasteiger partial charge < -0.3 is 0 Å². The number of benzene rings is 4. The average Bonchev–Trinajstić information content (AvgIpc) is 2.74. The molecule has 4 aromatic carbocycles. The van der Waals surface area contributed by atoms with E-state index in [1.165, 1.54) is 37.0 Å². The predicted molar refractivity (Wildman–Crippen MR) is 125 cm³/mol. The molecule has 0 aromatic heterocycles. The van der Waals surface area contributed by atoms with E-state index in [-0.39, 0.29) is 0 Å². The molecule has 0 bridgehead atoms. The second-order valence-corrected chi connectivity index (χ2v) is 7.59. The zero-order valence-corrected chi connectivity index (χ0v) is 17.0. The summed E-state index contributed by atoms with van der Waals surface area (Å²) in [5.41, 5.74) is 7.44. The second kappa shape index (κ2) is 8.36. The van der Waals surface area contributed by atoms with Crippen molar-refractivity contribution < 1.29 is 0 Å². The zero-order valence-electron chi connectivity index (χ0n) is 14.8. The molecule has 1 heteroatoms. The van der Waals surface area contributed by atoms with Crippen molar-refractivity contribution in [2.45, 2.75) is 0 Å². The van der Waals surface area contributed by atoms with Gasteiger partial charge in [0.2, 0.25) is 0 Å². The molecule has 0 nitrogen and oxygen atoms in total. The minimum atomic E-state index is 1.20. The lowest BCUT2D eigenvalue weighted by atomic mass is 10.0. The molecule has 0 radical (unpaired) electrons. The molecule has 0 aliphatic heterocycles. The smallest absolute Gasteiger partial charge is 0.0208 e. The number of rotatable bonds is 4. The highest BCUT2D eigenvalue weighted by molar-refractivity contribution is 14.1. The molecule has 0 saturated carbocycles. The van der Waals surface area contributed by atoms with Gasteiger partial charge in [0.05, 0.1) is 0 Å². The van der Waals surface area contributed by atoms with Gasteiger partial charge in [-0.1, -0.05) is 109 Å². The van der Waals surface area contributed by atoms with E-state index < -0.39 is 0 Å². The summed E-state index contributed by atoms with van der Waals surface area (Å²) in [5, 5.41) is 0. The minimum Gasteiger partial charge on any atom is -0.0622 e. The van der Waals surface area contributed by atoms with Gasteiger partial charge in [-0.25, -0.2) is 0 Å². The van der Waals surface area contributed by atoms with E-state index in [2.05, 4.69) is 132 Å². The summed E-state index contributed by atoms with van der Waals surface area (Å²) in [6.07, 6.45) is 4.33. The van der Waals surface area contributed by atoms with Crippen LogP contribution in [-0.2, 0) is 0 Å². The van der Waals surface area contributed by atoms with Crippen LogP contribution in [-0.4, -0.2) is 0 Å². The summed E-state index contributed by atoms with van der Waals surface area (Å²) in [6.45, 7) is 0. The van der Waals surface area contributed by atoms with Crippen LogP contribution >= 0.6 is 22.6 Å². The van der Waals surface area contributed by atoms with Crippen LogP contribution in [0.2, 0.25) is 0 Å². The SMILES string of the molecule is Ic1ccccc1-c1ccc(C=Cc2ccc(-c3ccccc3)cc2)cc1. The third-order valence-electron chi connectivity index (χ3n) is 4.58. The molecule has 0 N–H and O–H groups in total. The molecule has 0 heterocycles. The number of hydrogen-bond donors (Lipinski definition) is 0. The topological polar surface area (TPSA) is 0 Å². The molecule has 0 amide bonds. The van der Waals surface area contributed by atoms with Crippen LogP contribution in [0.25, 0.3) is 34.4 Å². The lowest BCUT2D eigenvalue weighted by molar-refractivity contribution is 1.57. The van der Waals surface area contributed by atoms with Crippen LogP contribution in [0.1, 0.15) is 11.1 Å². The fourth-order valence-electron chi connectivity index (χ4n) is 3.08. The van der Waals surface area contributed by atoms with Crippen LogP contribution < -0.4 is 0 Å². The van der Waals surface area contributed by atoms with Crippen molar-refractivity contribution in [2.24, 2.45) is 0 Å². The average molecular weight is 458 g/mol. The van der Waals surface area contributed by atoms with Gasteiger partial charge in [-0.3, -0.25) is 0 Å². The van der Waals surface area contributed by atoms with E-state index in [9.17, 15) is 0 Å². The van der Waals surface area contributed by atoms with E-state index in [1.54, 1.807) is 0 Å². The molecular formula is C26H19I. The van der Waals surface area contributed by atoms with Gasteiger partial charge in [0, 0.05) is 3.57 Å². The van der Waals surface area contributed by atoms with Crippen molar-refractivity contribution in [3.8, 4) is 22.3 Å². The molecule has 0 unspecified atom stereocenters. The first kappa shape index (κ1) is 17.7. The Morgan fingerprint density at radius 1 is 0.444 bits per heavy atom. The summed E-state index contributed by atoms with van der Waals surface area (Å²) in [4.78, 5) is 0. The van der Waals surface area contributed by atoms with Gasteiger partial charge in [0.1, 0.15) is 0 Å². The normalized spacial score (nSPS) is 11.0. The highest BCUT2D eigenvalue weighted by Crippen LogP contribution is 2.25. The first-order chi connectivity index (χ1) is 13.3. The maximum atomic E-state index is 2.39. The maximum absolute atomic E-state index is 2.39. The molecule has 0 aliphatic rings. The third kappa shape index (κ3) is 4.37.